The van der Waals surface area contributed by atoms with Crippen molar-refractivity contribution in [1.82, 2.24) is 5.32 Å². The number of halogens is 3. The Hall–Kier alpha value is -0.310. The van der Waals surface area contributed by atoms with E-state index in [-0.39, 0.29) is 11.2 Å². The Morgan fingerprint density at radius 1 is 1.38 bits per heavy atom. The maximum absolute atomic E-state index is 13.4. The first-order valence-corrected chi connectivity index (χ1v) is 6.27. The third-order valence-corrected chi connectivity index (χ3v) is 3.87. The maximum atomic E-state index is 13.4. The number of benzene rings is 1. The van der Waals surface area contributed by atoms with Crippen LogP contribution >= 0.6 is 23.2 Å². The summed E-state index contributed by atoms with van der Waals surface area (Å²) in [6, 6.07) is 4.61. The smallest absolute Gasteiger partial charge is 0.127 e. The zero-order chi connectivity index (χ0) is 11.6. The fraction of sp³-hybridized carbons (Fsp3) is 0.500. The van der Waals surface area contributed by atoms with Gasteiger partial charge in [-0.2, -0.15) is 0 Å². The van der Waals surface area contributed by atoms with Crippen LogP contribution in [-0.4, -0.2) is 12.4 Å². The molecule has 0 spiro atoms. The molecule has 0 saturated heterocycles. The molecule has 1 aromatic rings. The molecule has 1 fully saturated rings. The highest BCUT2D eigenvalue weighted by molar-refractivity contribution is 6.30. The van der Waals surface area contributed by atoms with Gasteiger partial charge >= 0.3 is 0 Å². The van der Waals surface area contributed by atoms with Crippen LogP contribution < -0.4 is 5.32 Å². The maximum Gasteiger partial charge on any atom is 0.127 e. The summed E-state index contributed by atoms with van der Waals surface area (Å²) in [7, 11) is 0. The van der Waals surface area contributed by atoms with Crippen molar-refractivity contribution >= 4 is 23.2 Å². The highest BCUT2D eigenvalue weighted by Crippen LogP contribution is 2.45. The molecule has 0 bridgehead atoms. The van der Waals surface area contributed by atoms with Gasteiger partial charge in [-0.1, -0.05) is 11.6 Å². The molecule has 0 aliphatic heterocycles. The van der Waals surface area contributed by atoms with Crippen LogP contribution in [0.4, 0.5) is 4.39 Å². The van der Waals surface area contributed by atoms with E-state index in [9.17, 15) is 4.39 Å². The first-order valence-electron chi connectivity index (χ1n) is 5.36. The van der Waals surface area contributed by atoms with Crippen molar-refractivity contribution < 1.29 is 4.39 Å². The molecule has 0 aromatic heterocycles. The number of rotatable bonds is 5. The molecule has 0 amide bonds. The monoisotopic (exact) mass is 261 g/mol. The molecular formula is C12H14Cl2FN. The lowest BCUT2D eigenvalue weighted by Crippen LogP contribution is -2.25. The number of hydrogen-bond donors (Lipinski definition) is 1. The molecule has 16 heavy (non-hydrogen) atoms. The fourth-order valence-electron chi connectivity index (χ4n) is 1.68. The third-order valence-electron chi connectivity index (χ3n) is 3.06. The minimum absolute atomic E-state index is 0.215. The fourth-order valence-corrected chi connectivity index (χ4v) is 2.23. The summed E-state index contributed by atoms with van der Waals surface area (Å²) in [6.45, 7) is 1.35. The molecule has 0 unspecified atom stereocenters. The van der Waals surface area contributed by atoms with E-state index in [1.807, 2.05) is 0 Å². The average molecular weight is 262 g/mol. The van der Waals surface area contributed by atoms with E-state index in [1.165, 1.54) is 18.9 Å². The van der Waals surface area contributed by atoms with Gasteiger partial charge in [0.2, 0.25) is 0 Å². The summed E-state index contributed by atoms with van der Waals surface area (Å²) in [6.07, 6.45) is 2.34. The number of nitrogens with one attached hydrogen (secondary N) is 1. The van der Waals surface area contributed by atoms with Crippen LogP contribution in [0.25, 0.3) is 0 Å². The van der Waals surface area contributed by atoms with Gasteiger partial charge in [-0.15, -0.1) is 11.6 Å². The topological polar surface area (TPSA) is 12.0 Å². The molecule has 0 radical (unpaired) electrons. The van der Waals surface area contributed by atoms with Gasteiger partial charge in [0.05, 0.1) is 0 Å². The van der Waals surface area contributed by atoms with Crippen molar-refractivity contribution in [3.8, 4) is 0 Å². The summed E-state index contributed by atoms with van der Waals surface area (Å²) in [5.74, 6) is 0.463. The molecule has 1 aliphatic carbocycles. The summed E-state index contributed by atoms with van der Waals surface area (Å²) in [4.78, 5) is 0. The third kappa shape index (κ3) is 2.88. The van der Waals surface area contributed by atoms with E-state index >= 15 is 0 Å². The highest BCUT2D eigenvalue weighted by atomic mass is 35.5. The molecule has 0 atom stereocenters. The van der Waals surface area contributed by atoms with Gasteiger partial charge in [0.15, 0.2) is 0 Å². The quantitative estimate of drug-likeness (QED) is 0.799. The Morgan fingerprint density at radius 3 is 2.75 bits per heavy atom. The van der Waals surface area contributed by atoms with Gasteiger partial charge in [-0.3, -0.25) is 0 Å². The Bertz CT molecular complexity index is 377. The van der Waals surface area contributed by atoms with E-state index in [4.69, 9.17) is 23.2 Å². The predicted octanol–water partition coefficient (Wildman–Crippen LogP) is 3.59. The summed E-state index contributed by atoms with van der Waals surface area (Å²) in [5, 5.41) is 3.81. The lowest BCUT2D eigenvalue weighted by molar-refractivity contribution is 0.496. The van der Waals surface area contributed by atoms with Crippen molar-refractivity contribution in [3.63, 3.8) is 0 Å². The van der Waals surface area contributed by atoms with Gasteiger partial charge in [0.1, 0.15) is 5.82 Å². The van der Waals surface area contributed by atoms with Gasteiger partial charge < -0.3 is 5.32 Å². The largest absolute Gasteiger partial charge is 0.312 e. The Morgan fingerprint density at radius 2 is 2.12 bits per heavy atom. The van der Waals surface area contributed by atoms with Crippen LogP contribution in [0.5, 0.6) is 0 Å². The van der Waals surface area contributed by atoms with Gasteiger partial charge in [0, 0.05) is 29.6 Å². The van der Waals surface area contributed by atoms with Crippen molar-refractivity contribution in [2.45, 2.75) is 19.4 Å². The van der Waals surface area contributed by atoms with Crippen LogP contribution in [0.15, 0.2) is 18.2 Å². The zero-order valence-electron chi connectivity index (χ0n) is 8.90. The van der Waals surface area contributed by atoms with Crippen LogP contribution in [0.1, 0.15) is 18.4 Å². The minimum Gasteiger partial charge on any atom is -0.312 e. The first kappa shape index (κ1) is 12.2. The van der Waals surface area contributed by atoms with Crippen molar-refractivity contribution in [2.24, 2.45) is 5.41 Å². The second-order valence-electron chi connectivity index (χ2n) is 4.47. The molecule has 1 aliphatic rings. The molecular weight excluding hydrogens is 248 g/mol. The van der Waals surface area contributed by atoms with Gasteiger partial charge in [-0.25, -0.2) is 4.39 Å². The lowest BCUT2D eigenvalue weighted by Gasteiger charge is -2.12. The second kappa shape index (κ2) is 4.91. The molecule has 4 heteroatoms. The van der Waals surface area contributed by atoms with Crippen molar-refractivity contribution in [2.75, 3.05) is 12.4 Å². The standard InChI is InChI=1S/C12H14Cl2FN/c13-7-12(3-4-12)8-16-6-9-5-10(14)1-2-11(9)15/h1-2,5,16H,3-4,6-8H2. The van der Waals surface area contributed by atoms with E-state index in [0.717, 1.165) is 6.54 Å². The molecule has 1 aromatic carbocycles. The van der Waals surface area contributed by atoms with Crippen LogP contribution in [0, 0.1) is 11.2 Å². The Balaban J connectivity index is 1.87. The number of alkyl halides is 1. The summed E-state index contributed by atoms with van der Waals surface area (Å²) >= 11 is 11.7. The minimum atomic E-state index is -0.215. The van der Waals surface area contributed by atoms with E-state index in [2.05, 4.69) is 5.32 Å². The van der Waals surface area contributed by atoms with Crippen LogP contribution in [0.2, 0.25) is 5.02 Å². The summed E-state index contributed by atoms with van der Waals surface area (Å²) in [5.41, 5.74) is 0.870. The summed E-state index contributed by atoms with van der Waals surface area (Å²) < 4.78 is 13.4. The van der Waals surface area contributed by atoms with Crippen LogP contribution in [0.3, 0.4) is 0 Å². The van der Waals surface area contributed by atoms with Gasteiger partial charge in [-0.05, 0) is 36.5 Å². The lowest BCUT2D eigenvalue weighted by atomic mass is 10.1. The van der Waals surface area contributed by atoms with E-state index in [0.29, 0.717) is 23.0 Å². The Labute approximate surface area is 105 Å². The highest BCUT2D eigenvalue weighted by Gasteiger charge is 2.41. The van der Waals surface area contributed by atoms with E-state index in [1.54, 1.807) is 12.1 Å². The average Bonchev–Trinajstić information content (AvgIpc) is 3.04. The molecule has 0 heterocycles. The van der Waals surface area contributed by atoms with Gasteiger partial charge in [0.25, 0.3) is 0 Å². The molecule has 2 rings (SSSR count). The first-order chi connectivity index (χ1) is 7.65. The van der Waals surface area contributed by atoms with Crippen LogP contribution in [-0.2, 0) is 6.54 Å². The molecule has 1 saturated carbocycles. The molecule has 1 nitrogen and oxygen atoms in total. The van der Waals surface area contributed by atoms with Crippen molar-refractivity contribution in [3.05, 3.63) is 34.6 Å². The van der Waals surface area contributed by atoms with E-state index < -0.39 is 0 Å². The zero-order valence-corrected chi connectivity index (χ0v) is 10.4. The normalized spacial score (nSPS) is 17.4. The van der Waals surface area contributed by atoms with Crippen molar-refractivity contribution in [1.29, 1.82) is 0 Å². The molecule has 1 N–H and O–H groups in total. The predicted molar refractivity (Wildman–Crippen MR) is 65.5 cm³/mol. The molecule has 88 valence electrons. The second-order valence-corrected chi connectivity index (χ2v) is 5.18. The SMILES string of the molecule is Fc1ccc(Cl)cc1CNCC1(CCl)CC1. The Kier molecular flexibility index (Phi) is 3.73. The number of hydrogen-bond acceptors (Lipinski definition) is 1.